The molecule has 0 saturated heterocycles. The van der Waals surface area contributed by atoms with Gasteiger partial charge in [-0.2, -0.15) is 0 Å². The number of sulfone groups is 1. The second-order valence-corrected chi connectivity index (χ2v) is 11.9. The first-order valence-electron chi connectivity index (χ1n) is 8.71. The van der Waals surface area contributed by atoms with Gasteiger partial charge in [-0.25, -0.2) is 21.6 Å². The summed E-state index contributed by atoms with van der Waals surface area (Å²) < 4.78 is 54.7. The highest BCUT2D eigenvalue weighted by Crippen LogP contribution is 2.32. The second-order valence-electron chi connectivity index (χ2n) is 6.62. The third kappa shape index (κ3) is 4.90. The lowest BCUT2D eigenvalue weighted by molar-refractivity contribution is 0.569. The van der Waals surface area contributed by atoms with Crippen LogP contribution in [0.15, 0.2) is 69.8 Å². The Morgan fingerprint density at radius 2 is 1.69 bits per heavy atom. The fourth-order valence-corrected chi connectivity index (χ4v) is 7.28. The van der Waals surface area contributed by atoms with Crippen LogP contribution in [0.25, 0.3) is 0 Å². The summed E-state index contributed by atoms with van der Waals surface area (Å²) in [6, 6.07) is 14.4. The Bertz CT molecular complexity index is 1200. The van der Waals surface area contributed by atoms with Gasteiger partial charge in [-0.3, -0.25) is 0 Å². The zero-order valence-electron chi connectivity index (χ0n) is 15.8. The van der Waals surface area contributed by atoms with Gasteiger partial charge in [0.05, 0.1) is 9.79 Å². The molecule has 0 amide bonds. The first kappa shape index (κ1) is 22.0. The Balaban J connectivity index is 1.95. The van der Waals surface area contributed by atoms with Gasteiger partial charge in [0.1, 0.15) is 5.25 Å². The quantitative estimate of drug-likeness (QED) is 0.552. The van der Waals surface area contributed by atoms with Crippen molar-refractivity contribution in [2.45, 2.75) is 28.9 Å². The van der Waals surface area contributed by atoms with Crippen LogP contribution in [-0.4, -0.2) is 23.4 Å². The van der Waals surface area contributed by atoms with E-state index in [1.54, 1.807) is 43.5 Å². The minimum Gasteiger partial charge on any atom is -0.223 e. The predicted molar refractivity (Wildman–Crippen MR) is 117 cm³/mol. The van der Waals surface area contributed by atoms with E-state index in [-0.39, 0.29) is 16.3 Å². The van der Waals surface area contributed by atoms with E-state index in [1.807, 2.05) is 6.07 Å². The summed E-state index contributed by atoms with van der Waals surface area (Å²) in [6.07, 6.45) is 0. The number of halogens is 1. The van der Waals surface area contributed by atoms with Crippen molar-refractivity contribution in [1.82, 2.24) is 4.72 Å². The number of rotatable bonds is 7. The lowest BCUT2D eigenvalue weighted by Gasteiger charge is -2.18. The number of aryl methyl sites for hydroxylation is 2. The van der Waals surface area contributed by atoms with Gasteiger partial charge in [0, 0.05) is 16.4 Å². The molecule has 0 saturated carbocycles. The molecule has 1 heterocycles. The van der Waals surface area contributed by atoms with Crippen LogP contribution in [0.1, 0.15) is 21.3 Å². The van der Waals surface area contributed by atoms with Crippen LogP contribution in [0.2, 0.25) is 5.02 Å². The fraction of sp³-hybridized carbons (Fsp3) is 0.200. The Hall–Kier alpha value is -1.71. The average Bonchev–Trinajstić information content (AvgIpc) is 3.18. The third-order valence-electron chi connectivity index (χ3n) is 4.47. The highest BCUT2D eigenvalue weighted by molar-refractivity contribution is 7.92. The van der Waals surface area contributed by atoms with Crippen molar-refractivity contribution < 1.29 is 16.8 Å². The van der Waals surface area contributed by atoms with E-state index in [4.69, 9.17) is 11.6 Å². The lowest BCUT2D eigenvalue weighted by atomic mass is 10.2. The summed E-state index contributed by atoms with van der Waals surface area (Å²) in [5.74, 6) is 0. The first-order valence-corrected chi connectivity index (χ1v) is 13.0. The van der Waals surface area contributed by atoms with Gasteiger partial charge in [0.15, 0.2) is 9.84 Å². The molecule has 0 bridgehead atoms. The summed E-state index contributed by atoms with van der Waals surface area (Å²) in [6.45, 7) is 3.23. The molecule has 0 aliphatic heterocycles. The zero-order chi connectivity index (χ0) is 21.2. The van der Waals surface area contributed by atoms with E-state index in [1.165, 1.54) is 35.6 Å². The SMILES string of the molecule is Cc1ccc(C)c(S(=O)(=O)NCC(c2cccs2)S(=O)(=O)c2ccc(Cl)cc2)c1. The number of benzene rings is 2. The fourth-order valence-electron chi connectivity index (χ4n) is 2.89. The maximum absolute atomic E-state index is 13.2. The summed E-state index contributed by atoms with van der Waals surface area (Å²) in [5, 5.41) is 1.13. The largest absolute Gasteiger partial charge is 0.240 e. The summed E-state index contributed by atoms with van der Waals surface area (Å²) in [7, 11) is -7.72. The number of thiophene rings is 1. The molecule has 0 aliphatic rings. The van der Waals surface area contributed by atoms with Crippen LogP contribution in [0.5, 0.6) is 0 Å². The number of hydrogen-bond acceptors (Lipinski definition) is 5. The summed E-state index contributed by atoms with van der Waals surface area (Å²) in [4.78, 5) is 0.793. The van der Waals surface area contributed by atoms with E-state index in [2.05, 4.69) is 4.72 Å². The molecule has 9 heteroatoms. The maximum atomic E-state index is 13.2. The van der Waals surface area contributed by atoms with Gasteiger partial charge in [0.25, 0.3) is 0 Å². The second kappa shape index (κ2) is 8.57. The molecule has 3 rings (SSSR count). The van der Waals surface area contributed by atoms with Crippen LogP contribution < -0.4 is 4.72 Å². The lowest BCUT2D eigenvalue weighted by Crippen LogP contribution is -2.32. The van der Waals surface area contributed by atoms with E-state index in [9.17, 15) is 16.8 Å². The van der Waals surface area contributed by atoms with Crippen molar-refractivity contribution in [3.63, 3.8) is 0 Å². The highest BCUT2D eigenvalue weighted by Gasteiger charge is 2.32. The van der Waals surface area contributed by atoms with Gasteiger partial charge >= 0.3 is 0 Å². The molecule has 0 aliphatic carbocycles. The number of hydrogen-bond donors (Lipinski definition) is 1. The van der Waals surface area contributed by atoms with Crippen LogP contribution in [0.4, 0.5) is 0 Å². The molecule has 1 atom stereocenters. The Morgan fingerprint density at radius 1 is 1.00 bits per heavy atom. The maximum Gasteiger partial charge on any atom is 0.240 e. The van der Waals surface area contributed by atoms with Crippen LogP contribution >= 0.6 is 22.9 Å². The van der Waals surface area contributed by atoms with Crippen LogP contribution in [0, 0.1) is 13.8 Å². The van der Waals surface area contributed by atoms with Crippen molar-refractivity contribution in [1.29, 1.82) is 0 Å². The Kier molecular flexibility index (Phi) is 6.50. The van der Waals surface area contributed by atoms with E-state index >= 15 is 0 Å². The molecule has 5 nitrogen and oxygen atoms in total. The van der Waals surface area contributed by atoms with E-state index < -0.39 is 25.1 Å². The minimum atomic E-state index is -3.88. The van der Waals surface area contributed by atoms with E-state index in [0.717, 1.165) is 5.56 Å². The minimum absolute atomic E-state index is 0.0891. The normalized spacial score (nSPS) is 13.3. The predicted octanol–water partition coefficient (Wildman–Crippen LogP) is 4.51. The number of nitrogens with one attached hydrogen (secondary N) is 1. The number of sulfonamides is 1. The molecule has 1 aromatic heterocycles. The third-order valence-corrected chi connectivity index (χ3v) is 9.52. The molecular weight excluding hydrogens is 450 g/mol. The van der Waals surface area contributed by atoms with Crippen molar-refractivity contribution >= 4 is 42.8 Å². The highest BCUT2D eigenvalue weighted by atomic mass is 35.5. The first-order chi connectivity index (χ1) is 13.6. The molecule has 3 aromatic rings. The van der Waals surface area contributed by atoms with Gasteiger partial charge in [-0.1, -0.05) is 29.8 Å². The van der Waals surface area contributed by atoms with E-state index in [0.29, 0.717) is 15.5 Å². The van der Waals surface area contributed by atoms with Gasteiger partial charge in [-0.15, -0.1) is 11.3 Å². The van der Waals surface area contributed by atoms with Gasteiger partial charge in [-0.05, 0) is 66.8 Å². The molecule has 0 spiro atoms. The molecular formula is C20H20ClNO4S3. The molecule has 0 fully saturated rings. The van der Waals surface area contributed by atoms with Gasteiger partial charge in [0.2, 0.25) is 10.0 Å². The van der Waals surface area contributed by atoms with Crippen LogP contribution in [0.3, 0.4) is 0 Å². The molecule has 154 valence electrons. The Morgan fingerprint density at radius 3 is 2.31 bits per heavy atom. The monoisotopic (exact) mass is 469 g/mol. The molecule has 1 unspecified atom stereocenters. The smallest absolute Gasteiger partial charge is 0.223 e. The summed E-state index contributed by atoms with van der Waals surface area (Å²) >= 11 is 7.14. The topological polar surface area (TPSA) is 80.3 Å². The molecule has 2 aromatic carbocycles. The van der Waals surface area contributed by atoms with Crippen LogP contribution in [-0.2, 0) is 19.9 Å². The standard InChI is InChI=1S/C20H20ClNO4S3/c1-14-5-6-15(2)19(12-14)29(25,26)22-13-20(18-4-3-11-27-18)28(23,24)17-9-7-16(21)8-10-17/h3-12,20,22H,13H2,1-2H3. The van der Waals surface area contributed by atoms with Crippen molar-refractivity contribution in [2.75, 3.05) is 6.54 Å². The average molecular weight is 470 g/mol. The van der Waals surface area contributed by atoms with Crippen molar-refractivity contribution in [3.05, 3.63) is 81.0 Å². The van der Waals surface area contributed by atoms with Crippen molar-refractivity contribution in [3.8, 4) is 0 Å². The van der Waals surface area contributed by atoms with Gasteiger partial charge < -0.3 is 0 Å². The molecule has 1 N–H and O–H groups in total. The molecule has 29 heavy (non-hydrogen) atoms. The summed E-state index contributed by atoms with van der Waals surface area (Å²) in [5.41, 5.74) is 1.40. The Labute approximate surface area is 180 Å². The molecule has 0 radical (unpaired) electrons. The zero-order valence-corrected chi connectivity index (χ0v) is 19.0. The van der Waals surface area contributed by atoms with Crippen molar-refractivity contribution in [2.24, 2.45) is 0 Å².